The summed E-state index contributed by atoms with van der Waals surface area (Å²) in [5, 5.41) is 10.1. The van der Waals surface area contributed by atoms with Crippen LogP contribution in [0.3, 0.4) is 0 Å². The van der Waals surface area contributed by atoms with Crippen molar-refractivity contribution in [1.82, 2.24) is 19.9 Å². The summed E-state index contributed by atoms with van der Waals surface area (Å²) >= 11 is 0. The number of H-pyrrole nitrogens is 1. The molecule has 0 fully saturated rings. The van der Waals surface area contributed by atoms with Crippen molar-refractivity contribution in [3.63, 3.8) is 0 Å². The van der Waals surface area contributed by atoms with Crippen molar-refractivity contribution >= 4 is 34.6 Å². The molecule has 140 valence electrons. The molecule has 3 heterocycles. The zero-order valence-electron chi connectivity index (χ0n) is 15.4. The molecule has 0 spiro atoms. The van der Waals surface area contributed by atoms with Gasteiger partial charge in [-0.2, -0.15) is 9.97 Å². The molecule has 7 heteroatoms. The number of nitrogens with zero attached hydrogens (tertiary/aromatic N) is 3. The number of para-hydroxylation sites is 2. The van der Waals surface area contributed by atoms with Crippen LogP contribution in [0.5, 0.6) is 0 Å². The highest BCUT2D eigenvalue weighted by Crippen LogP contribution is 2.29. The van der Waals surface area contributed by atoms with Gasteiger partial charge in [0.15, 0.2) is 0 Å². The third kappa shape index (κ3) is 3.34. The predicted octanol–water partition coefficient (Wildman–Crippen LogP) is 4.07. The number of aromatic amines is 1. The van der Waals surface area contributed by atoms with E-state index < -0.39 is 0 Å². The van der Waals surface area contributed by atoms with Gasteiger partial charge in [0.05, 0.1) is 11.0 Å². The van der Waals surface area contributed by atoms with Crippen LogP contribution in [-0.2, 0) is 13.0 Å². The smallest absolute Gasteiger partial charge is 0.233 e. The molecule has 0 saturated heterocycles. The zero-order valence-corrected chi connectivity index (χ0v) is 15.4. The monoisotopic (exact) mass is 371 g/mol. The van der Waals surface area contributed by atoms with Crippen LogP contribution in [0.1, 0.15) is 17.5 Å². The van der Waals surface area contributed by atoms with Gasteiger partial charge in [0, 0.05) is 18.7 Å². The van der Waals surface area contributed by atoms with Crippen molar-refractivity contribution in [2.45, 2.75) is 19.4 Å². The Morgan fingerprint density at radius 3 is 2.68 bits per heavy atom. The van der Waals surface area contributed by atoms with Crippen LogP contribution in [0, 0.1) is 0 Å². The van der Waals surface area contributed by atoms with Gasteiger partial charge in [-0.3, -0.25) is 5.32 Å². The highest BCUT2D eigenvalue weighted by molar-refractivity contribution is 5.78. The van der Waals surface area contributed by atoms with Crippen LogP contribution in [0.4, 0.5) is 23.5 Å². The standard InChI is InChI=1S/C21H21N7/c1-2-7-14(8-3-1)13-23-19-15-9-6-12-22-18(15)26-21(27-19)28-20-24-16-10-4-5-11-17(16)25-20/h1-5,7-8,10-11H,6,9,12-13H2,(H4,22,23,24,25,26,27,28). The number of anilines is 4. The molecule has 0 atom stereocenters. The number of rotatable bonds is 5. The molecule has 1 aliphatic rings. The summed E-state index contributed by atoms with van der Waals surface area (Å²) in [6.07, 6.45) is 2.04. The van der Waals surface area contributed by atoms with E-state index in [0.29, 0.717) is 18.4 Å². The van der Waals surface area contributed by atoms with Crippen LogP contribution < -0.4 is 16.0 Å². The Kier molecular flexibility index (Phi) is 4.25. The van der Waals surface area contributed by atoms with E-state index in [1.54, 1.807) is 0 Å². The van der Waals surface area contributed by atoms with E-state index in [-0.39, 0.29) is 0 Å². The third-order valence-corrected chi connectivity index (χ3v) is 4.83. The third-order valence-electron chi connectivity index (χ3n) is 4.83. The van der Waals surface area contributed by atoms with Crippen LogP contribution in [-0.4, -0.2) is 26.5 Å². The SMILES string of the molecule is c1ccc(CNc2nc(Nc3nc4ccccc4[nH]3)nc3c2CCCN3)cc1. The fraction of sp³-hybridized carbons (Fsp3) is 0.190. The molecule has 2 aromatic carbocycles. The fourth-order valence-corrected chi connectivity index (χ4v) is 3.44. The van der Waals surface area contributed by atoms with Gasteiger partial charge in [0.2, 0.25) is 11.9 Å². The number of hydrogen-bond acceptors (Lipinski definition) is 6. The van der Waals surface area contributed by atoms with Crippen LogP contribution in [0.25, 0.3) is 11.0 Å². The van der Waals surface area contributed by atoms with Gasteiger partial charge in [-0.25, -0.2) is 4.98 Å². The summed E-state index contributed by atoms with van der Waals surface area (Å²) < 4.78 is 0. The van der Waals surface area contributed by atoms with Crippen molar-refractivity contribution in [3.05, 3.63) is 65.7 Å². The molecule has 7 nitrogen and oxygen atoms in total. The van der Waals surface area contributed by atoms with Crippen molar-refractivity contribution in [3.8, 4) is 0 Å². The Balaban J connectivity index is 1.44. The van der Waals surface area contributed by atoms with Gasteiger partial charge >= 0.3 is 0 Å². The molecule has 0 aliphatic carbocycles. The summed E-state index contributed by atoms with van der Waals surface area (Å²) in [6.45, 7) is 1.64. The van der Waals surface area contributed by atoms with Crippen molar-refractivity contribution < 1.29 is 0 Å². The largest absolute Gasteiger partial charge is 0.370 e. The zero-order chi connectivity index (χ0) is 18.8. The van der Waals surface area contributed by atoms with Gasteiger partial charge in [0.25, 0.3) is 0 Å². The van der Waals surface area contributed by atoms with Gasteiger partial charge in [-0.1, -0.05) is 42.5 Å². The molecule has 0 bridgehead atoms. The summed E-state index contributed by atoms with van der Waals surface area (Å²) in [7, 11) is 0. The van der Waals surface area contributed by atoms with Gasteiger partial charge in [0.1, 0.15) is 11.6 Å². The maximum Gasteiger partial charge on any atom is 0.233 e. The number of fused-ring (bicyclic) bond motifs is 2. The lowest BCUT2D eigenvalue weighted by atomic mass is 10.1. The molecule has 2 aromatic heterocycles. The van der Waals surface area contributed by atoms with Gasteiger partial charge in [-0.15, -0.1) is 0 Å². The predicted molar refractivity (Wildman–Crippen MR) is 112 cm³/mol. The first kappa shape index (κ1) is 16.6. The Morgan fingerprint density at radius 1 is 0.929 bits per heavy atom. The molecule has 28 heavy (non-hydrogen) atoms. The quantitative estimate of drug-likeness (QED) is 0.423. The average molecular weight is 371 g/mol. The minimum Gasteiger partial charge on any atom is -0.370 e. The van der Waals surface area contributed by atoms with Crippen molar-refractivity contribution in [2.75, 3.05) is 22.5 Å². The highest BCUT2D eigenvalue weighted by Gasteiger charge is 2.18. The first-order chi connectivity index (χ1) is 13.8. The summed E-state index contributed by atoms with van der Waals surface area (Å²) in [6, 6.07) is 18.2. The molecule has 0 unspecified atom stereocenters. The minimum atomic E-state index is 0.516. The van der Waals surface area contributed by atoms with Crippen molar-refractivity contribution in [1.29, 1.82) is 0 Å². The highest BCUT2D eigenvalue weighted by atomic mass is 15.2. The molecule has 0 saturated carbocycles. The summed E-state index contributed by atoms with van der Waals surface area (Å²) in [4.78, 5) is 17.2. The Morgan fingerprint density at radius 2 is 1.79 bits per heavy atom. The van der Waals surface area contributed by atoms with Crippen LogP contribution in [0.2, 0.25) is 0 Å². The van der Waals surface area contributed by atoms with E-state index in [4.69, 9.17) is 4.98 Å². The fourth-order valence-electron chi connectivity index (χ4n) is 3.44. The van der Waals surface area contributed by atoms with E-state index in [2.05, 4.69) is 43.0 Å². The van der Waals surface area contributed by atoms with Gasteiger partial charge < -0.3 is 15.6 Å². The lowest BCUT2D eigenvalue weighted by Gasteiger charge is -2.21. The second kappa shape index (κ2) is 7.19. The molecule has 1 aliphatic heterocycles. The summed E-state index contributed by atoms with van der Waals surface area (Å²) in [5.41, 5.74) is 4.23. The Hall–Kier alpha value is -3.61. The molecule has 0 radical (unpaired) electrons. The first-order valence-corrected chi connectivity index (χ1v) is 9.49. The number of imidazole rings is 1. The Labute approximate surface area is 162 Å². The van der Waals surface area contributed by atoms with E-state index in [1.165, 1.54) is 5.56 Å². The topological polar surface area (TPSA) is 90.5 Å². The molecule has 5 rings (SSSR count). The molecular weight excluding hydrogens is 350 g/mol. The second-order valence-corrected chi connectivity index (χ2v) is 6.82. The first-order valence-electron chi connectivity index (χ1n) is 9.49. The average Bonchev–Trinajstić information content (AvgIpc) is 3.15. The molecular formula is C21H21N7. The van der Waals surface area contributed by atoms with E-state index >= 15 is 0 Å². The second-order valence-electron chi connectivity index (χ2n) is 6.82. The number of hydrogen-bond donors (Lipinski definition) is 4. The lowest BCUT2D eigenvalue weighted by molar-refractivity contribution is 0.809. The maximum absolute atomic E-state index is 4.73. The lowest BCUT2D eigenvalue weighted by Crippen LogP contribution is -2.18. The summed E-state index contributed by atoms with van der Waals surface area (Å²) in [5.74, 6) is 2.89. The maximum atomic E-state index is 4.73. The molecule has 4 N–H and O–H groups in total. The number of benzene rings is 2. The van der Waals surface area contributed by atoms with Crippen molar-refractivity contribution in [2.24, 2.45) is 0 Å². The van der Waals surface area contributed by atoms with Crippen LogP contribution >= 0.6 is 0 Å². The van der Waals surface area contributed by atoms with E-state index in [1.807, 2.05) is 42.5 Å². The van der Waals surface area contributed by atoms with Crippen LogP contribution in [0.15, 0.2) is 54.6 Å². The van der Waals surface area contributed by atoms with Gasteiger partial charge in [-0.05, 0) is 30.5 Å². The van der Waals surface area contributed by atoms with E-state index in [0.717, 1.165) is 47.6 Å². The minimum absolute atomic E-state index is 0.516. The normalized spacial score (nSPS) is 13.0. The molecule has 4 aromatic rings. The van der Waals surface area contributed by atoms with E-state index in [9.17, 15) is 0 Å². The Bertz CT molecular complexity index is 1070. The number of nitrogens with one attached hydrogen (secondary N) is 4. The molecule has 0 amide bonds. The number of aromatic nitrogens is 4.